The fourth-order valence-electron chi connectivity index (χ4n) is 2.81. The average molecular weight is 374 g/mol. The Balaban J connectivity index is 1.59. The summed E-state index contributed by atoms with van der Waals surface area (Å²) in [6.45, 7) is 0.216. The largest absolute Gasteiger partial charge is 0.497 e. The van der Waals surface area contributed by atoms with E-state index < -0.39 is 0 Å². The number of carbonyl (C=O) groups is 1. The fraction of sp³-hybridized carbons (Fsp3) is 0.0870. The maximum absolute atomic E-state index is 12.8. The SMILES string of the molecule is COc1ccc(C(=O)/C=C/c2ccc3c(c2)OCO3)c(Oc2ccccc2)c1. The smallest absolute Gasteiger partial charge is 0.231 e. The van der Waals surface area contributed by atoms with Gasteiger partial charge in [-0.05, 0) is 48.0 Å². The van der Waals surface area contributed by atoms with Gasteiger partial charge in [0.15, 0.2) is 17.3 Å². The van der Waals surface area contributed by atoms with Crippen LogP contribution in [-0.4, -0.2) is 19.7 Å². The first-order valence-electron chi connectivity index (χ1n) is 8.76. The van der Waals surface area contributed by atoms with Gasteiger partial charge < -0.3 is 18.9 Å². The normalized spacial score (nSPS) is 12.2. The van der Waals surface area contributed by atoms with E-state index in [1.807, 2.05) is 48.5 Å². The van der Waals surface area contributed by atoms with Crippen molar-refractivity contribution in [3.8, 4) is 28.7 Å². The Morgan fingerprint density at radius 3 is 2.57 bits per heavy atom. The van der Waals surface area contributed by atoms with Crippen LogP contribution >= 0.6 is 0 Å². The molecule has 0 aliphatic carbocycles. The lowest BCUT2D eigenvalue weighted by molar-refractivity contribution is 0.104. The Morgan fingerprint density at radius 1 is 0.929 bits per heavy atom. The van der Waals surface area contributed by atoms with Crippen molar-refractivity contribution in [2.24, 2.45) is 0 Å². The van der Waals surface area contributed by atoms with Crippen LogP contribution in [0, 0.1) is 0 Å². The highest BCUT2D eigenvalue weighted by Crippen LogP contribution is 2.33. The number of ether oxygens (including phenoxy) is 4. The summed E-state index contributed by atoms with van der Waals surface area (Å²) in [5.41, 5.74) is 1.29. The van der Waals surface area contributed by atoms with Crippen molar-refractivity contribution in [3.63, 3.8) is 0 Å². The molecule has 3 aromatic rings. The van der Waals surface area contributed by atoms with E-state index in [4.69, 9.17) is 18.9 Å². The molecular weight excluding hydrogens is 356 g/mol. The number of fused-ring (bicyclic) bond motifs is 1. The van der Waals surface area contributed by atoms with Gasteiger partial charge in [-0.3, -0.25) is 4.79 Å². The van der Waals surface area contributed by atoms with Crippen molar-refractivity contribution < 1.29 is 23.7 Å². The number of ketones is 1. The number of rotatable bonds is 6. The summed E-state index contributed by atoms with van der Waals surface area (Å²) in [6, 6.07) is 20.0. The molecule has 28 heavy (non-hydrogen) atoms. The first-order chi connectivity index (χ1) is 13.7. The number of benzene rings is 3. The van der Waals surface area contributed by atoms with Crippen molar-refractivity contribution in [3.05, 3.63) is 83.9 Å². The molecule has 0 atom stereocenters. The van der Waals surface area contributed by atoms with Gasteiger partial charge in [-0.2, -0.15) is 0 Å². The van der Waals surface area contributed by atoms with Crippen molar-refractivity contribution in [2.45, 2.75) is 0 Å². The molecule has 5 heteroatoms. The van der Waals surface area contributed by atoms with Crippen LogP contribution in [-0.2, 0) is 0 Å². The number of allylic oxidation sites excluding steroid dienone is 1. The number of carbonyl (C=O) groups excluding carboxylic acids is 1. The summed E-state index contributed by atoms with van der Waals surface area (Å²) in [4.78, 5) is 12.8. The van der Waals surface area contributed by atoms with Crippen LogP contribution in [0.1, 0.15) is 15.9 Å². The average Bonchev–Trinajstić information content (AvgIpc) is 3.20. The van der Waals surface area contributed by atoms with Gasteiger partial charge in [-0.1, -0.05) is 30.3 Å². The van der Waals surface area contributed by atoms with E-state index in [1.165, 1.54) is 6.08 Å². The van der Waals surface area contributed by atoms with Crippen LogP contribution in [0.2, 0.25) is 0 Å². The molecule has 5 nitrogen and oxygen atoms in total. The number of methoxy groups -OCH3 is 1. The van der Waals surface area contributed by atoms with E-state index in [-0.39, 0.29) is 12.6 Å². The lowest BCUT2D eigenvalue weighted by atomic mass is 10.1. The molecule has 0 N–H and O–H groups in total. The Labute approximate surface area is 162 Å². The van der Waals surface area contributed by atoms with Gasteiger partial charge in [0.2, 0.25) is 6.79 Å². The number of para-hydroxylation sites is 1. The van der Waals surface area contributed by atoms with Crippen LogP contribution in [0.3, 0.4) is 0 Å². The summed E-state index contributed by atoms with van der Waals surface area (Å²) in [5, 5.41) is 0. The second kappa shape index (κ2) is 7.88. The molecule has 0 saturated heterocycles. The molecule has 0 unspecified atom stereocenters. The second-order valence-electron chi connectivity index (χ2n) is 6.09. The Hall–Kier alpha value is -3.73. The fourth-order valence-corrected chi connectivity index (χ4v) is 2.81. The quantitative estimate of drug-likeness (QED) is 0.443. The minimum Gasteiger partial charge on any atom is -0.497 e. The van der Waals surface area contributed by atoms with Crippen LogP contribution in [0.4, 0.5) is 0 Å². The van der Waals surface area contributed by atoms with Crippen LogP contribution in [0.15, 0.2) is 72.8 Å². The van der Waals surface area contributed by atoms with E-state index in [0.717, 1.165) is 5.56 Å². The molecule has 3 aromatic carbocycles. The minimum absolute atomic E-state index is 0.175. The van der Waals surface area contributed by atoms with E-state index in [9.17, 15) is 4.79 Å². The third-order valence-corrected chi connectivity index (χ3v) is 4.25. The molecule has 0 bridgehead atoms. The number of hydrogen-bond acceptors (Lipinski definition) is 5. The first-order valence-corrected chi connectivity index (χ1v) is 8.76. The van der Waals surface area contributed by atoms with Crippen LogP contribution in [0.25, 0.3) is 6.08 Å². The molecule has 1 heterocycles. The topological polar surface area (TPSA) is 54.0 Å². The van der Waals surface area contributed by atoms with E-state index >= 15 is 0 Å². The zero-order valence-electron chi connectivity index (χ0n) is 15.3. The van der Waals surface area contributed by atoms with Crippen LogP contribution < -0.4 is 18.9 Å². The summed E-state index contributed by atoms with van der Waals surface area (Å²) < 4.78 is 21.8. The van der Waals surface area contributed by atoms with Gasteiger partial charge in [0.25, 0.3) is 0 Å². The molecule has 0 aromatic heterocycles. The molecule has 4 rings (SSSR count). The predicted octanol–water partition coefficient (Wildman–Crippen LogP) is 5.11. The molecule has 0 saturated carbocycles. The van der Waals surface area contributed by atoms with Crippen LogP contribution in [0.5, 0.6) is 28.7 Å². The molecule has 0 fully saturated rings. The van der Waals surface area contributed by atoms with Gasteiger partial charge in [-0.15, -0.1) is 0 Å². The van der Waals surface area contributed by atoms with Crippen molar-refractivity contribution in [2.75, 3.05) is 13.9 Å². The summed E-state index contributed by atoms with van der Waals surface area (Å²) in [7, 11) is 1.57. The monoisotopic (exact) mass is 374 g/mol. The second-order valence-corrected chi connectivity index (χ2v) is 6.09. The van der Waals surface area contributed by atoms with Gasteiger partial charge in [0.05, 0.1) is 12.7 Å². The highest BCUT2D eigenvalue weighted by atomic mass is 16.7. The van der Waals surface area contributed by atoms with E-state index in [2.05, 4.69) is 0 Å². The zero-order valence-corrected chi connectivity index (χ0v) is 15.3. The third-order valence-electron chi connectivity index (χ3n) is 4.25. The maximum atomic E-state index is 12.8. The molecule has 0 amide bonds. The molecule has 0 spiro atoms. The van der Waals surface area contributed by atoms with Crippen molar-refractivity contribution in [1.82, 2.24) is 0 Å². The van der Waals surface area contributed by atoms with E-state index in [0.29, 0.717) is 34.3 Å². The van der Waals surface area contributed by atoms with Crippen molar-refractivity contribution in [1.29, 1.82) is 0 Å². The highest BCUT2D eigenvalue weighted by Gasteiger charge is 2.14. The highest BCUT2D eigenvalue weighted by molar-refractivity contribution is 6.08. The third kappa shape index (κ3) is 3.83. The van der Waals surface area contributed by atoms with Gasteiger partial charge in [-0.25, -0.2) is 0 Å². The zero-order chi connectivity index (χ0) is 19.3. The Kier molecular flexibility index (Phi) is 4.97. The predicted molar refractivity (Wildman–Crippen MR) is 105 cm³/mol. The first kappa shape index (κ1) is 17.7. The molecule has 1 aliphatic heterocycles. The lowest BCUT2D eigenvalue weighted by Crippen LogP contribution is -1.99. The van der Waals surface area contributed by atoms with Crippen molar-refractivity contribution >= 4 is 11.9 Å². The summed E-state index contributed by atoms with van der Waals surface area (Å²) in [6.07, 6.45) is 3.25. The number of hydrogen-bond donors (Lipinski definition) is 0. The van der Waals surface area contributed by atoms with Gasteiger partial charge in [0.1, 0.15) is 17.2 Å². The standard InChI is InChI=1S/C23H18O5/c1-25-18-9-10-19(22(14-18)28-17-5-3-2-4-6-17)20(24)11-7-16-8-12-21-23(13-16)27-15-26-21/h2-14H,15H2,1H3/b11-7+. The lowest BCUT2D eigenvalue weighted by Gasteiger charge is -2.11. The maximum Gasteiger partial charge on any atom is 0.231 e. The summed E-state index contributed by atoms with van der Waals surface area (Å²) in [5.74, 6) is 2.90. The Morgan fingerprint density at radius 2 is 1.75 bits per heavy atom. The summed E-state index contributed by atoms with van der Waals surface area (Å²) >= 11 is 0. The minimum atomic E-state index is -0.175. The van der Waals surface area contributed by atoms with Gasteiger partial charge >= 0.3 is 0 Å². The molecule has 0 radical (unpaired) electrons. The Bertz CT molecular complexity index is 1020. The molecular formula is C23H18O5. The molecule has 1 aliphatic rings. The van der Waals surface area contributed by atoms with E-state index in [1.54, 1.807) is 31.4 Å². The molecule has 140 valence electrons. The van der Waals surface area contributed by atoms with Gasteiger partial charge in [0, 0.05) is 6.07 Å².